The Morgan fingerprint density at radius 3 is 3.00 bits per heavy atom. The summed E-state index contributed by atoms with van der Waals surface area (Å²) in [6.07, 6.45) is 7.59. The van der Waals surface area contributed by atoms with Crippen LogP contribution in [0.3, 0.4) is 0 Å². The second-order valence-electron chi connectivity index (χ2n) is 4.44. The molecule has 3 heteroatoms. The average Bonchev–Trinajstić information content (AvgIpc) is 2.26. The fourth-order valence-electron chi connectivity index (χ4n) is 2.22. The molecule has 1 N–H and O–H groups in total. The molecule has 1 fully saturated rings. The van der Waals surface area contributed by atoms with E-state index in [1.165, 1.54) is 57.6 Å². The third-order valence-electron chi connectivity index (χ3n) is 3.05. The van der Waals surface area contributed by atoms with Gasteiger partial charge in [-0.15, -0.1) is 0 Å². The van der Waals surface area contributed by atoms with Gasteiger partial charge in [0.25, 0.3) is 0 Å². The highest BCUT2D eigenvalue weighted by Gasteiger charge is 2.17. The first-order valence-electron chi connectivity index (χ1n) is 6.31. The Morgan fingerprint density at radius 1 is 1.40 bits per heavy atom. The van der Waals surface area contributed by atoms with Gasteiger partial charge in [0.1, 0.15) is 0 Å². The van der Waals surface area contributed by atoms with Crippen LogP contribution in [0.1, 0.15) is 32.6 Å². The molecule has 0 aromatic heterocycles. The van der Waals surface area contributed by atoms with Crippen molar-refractivity contribution in [1.82, 2.24) is 10.2 Å². The summed E-state index contributed by atoms with van der Waals surface area (Å²) < 4.78 is 0. The Hall–Kier alpha value is 0.270. The molecule has 0 amide bonds. The topological polar surface area (TPSA) is 15.3 Å². The van der Waals surface area contributed by atoms with Crippen molar-refractivity contribution in [3.63, 3.8) is 0 Å². The molecule has 1 rings (SSSR count). The van der Waals surface area contributed by atoms with Crippen molar-refractivity contribution in [2.24, 2.45) is 0 Å². The van der Waals surface area contributed by atoms with Crippen LogP contribution in [0.25, 0.3) is 0 Å². The lowest BCUT2D eigenvalue weighted by Gasteiger charge is -2.33. The van der Waals surface area contributed by atoms with Crippen molar-refractivity contribution in [2.45, 2.75) is 38.6 Å². The maximum atomic E-state index is 3.61. The van der Waals surface area contributed by atoms with E-state index >= 15 is 0 Å². The number of nitrogens with one attached hydrogen (secondary N) is 1. The standard InChI is InChI=1S/C12H26N2S/c1-3-6-12-11-14(9-7-13-12)8-4-5-10-15-2/h12-13H,3-11H2,1-2H3. The fourth-order valence-corrected chi connectivity index (χ4v) is 2.71. The summed E-state index contributed by atoms with van der Waals surface area (Å²) in [6, 6.07) is 0.754. The monoisotopic (exact) mass is 230 g/mol. The molecule has 1 heterocycles. The summed E-state index contributed by atoms with van der Waals surface area (Å²) >= 11 is 1.97. The molecule has 0 saturated carbocycles. The molecule has 1 aliphatic rings. The predicted octanol–water partition coefficient (Wildman–Crippen LogP) is 2.20. The first-order valence-corrected chi connectivity index (χ1v) is 7.71. The van der Waals surface area contributed by atoms with Crippen molar-refractivity contribution in [3.05, 3.63) is 0 Å². The largest absolute Gasteiger partial charge is 0.311 e. The van der Waals surface area contributed by atoms with Crippen LogP contribution in [0.15, 0.2) is 0 Å². The lowest BCUT2D eigenvalue weighted by atomic mass is 10.1. The van der Waals surface area contributed by atoms with Gasteiger partial charge in [0.2, 0.25) is 0 Å². The van der Waals surface area contributed by atoms with Crippen LogP contribution in [-0.4, -0.2) is 49.1 Å². The van der Waals surface area contributed by atoms with Gasteiger partial charge in [-0.2, -0.15) is 11.8 Å². The van der Waals surface area contributed by atoms with Gasteiger partial charge in [-0.1, -0.05) is 13.3 Å². The zero-order valence-corrected chi connectivity index (χ0v) is 11.1. The Kier molecular flexibility index (Phi) is 7.49. The van der Waals surface area contributed by atoms with E-state index in [2.05, 4.69) is 23.4 Å². The second kappa shape index (κ2) is 8.43. The summed E-state index contributed by atoms with van der Waals surface area (Å²) in [5.74, 6) is 1.32. The zero-order chi connectivity index (χ0) is 10.9. The molecule has 1 saturated heterocycles. The molecule has 15 heavy (non-hydrogen) atoms. The molecule has 0 spiro atoms. The molecule has 0 aliphatic carbocycles. The molecular formula is C12H26N2S. The summed E-state index contributed by atoms with van der Waals surface area (Å²) in [7, 11) is 0. The van der Waals surface area contributed by atoms with E-state index in [-0.39, 0.29) is 0 Å². The van der Waals surface area contributed by atoms with E-state index in [0.717, 1.165) is 6.04 Å². The SMILES string of the molecule is CCCC1CN(CCCCSC)CCN1. The smallest absolute Gasteiger partial charge is 0.0195 e. The van der Waals surface area contributed by atoms with Gasteiger partial charge in [-0.05, 0) is 37.8 Å². The van der Waals surface area contributed by atoms with Gasteiger partial charge in [0.15, 0.2) is 0 Å². The zero-order valence-electron chi connectivity index (χ0n) is 10.3. The molecule has 0 radical (unpaired) electrons. The number of hydrogen-bond acceptors (Lipinski definition) is 3. The van der Waals surface area contributed by atoms with Crippen LogP contribution >= 0.6 is 11.8 Å². The molecule has 0 aromatic carbocycles. The number of piperazine rings is 1. The van der Waals surface area contributed by atoms with Gasteiger partial charge >= 0.3 is 0 Å². The van der Waals surface area contributed by atoms with Crippen molar-refractivity contribution >= 4 is 11.8 Å². The van der Waals surface area contributed by atoms with Gasteiger partial charge in [0.05, 0.1) is 0 Å². The first-order chi connectivity index (χ1) is 7.36. The summed E-state index contributed by atoms with van der Waals surface area (Å²) in [5, 5.41) is 3.61. The highest BCUT2D eigenvalue weighted by atomic mass is 32.2. The van der Waals surface area contributed by atoms with E-state index in [4.69, 9.17) is 0 Å². The van der Waals surface area contributed by atoms with Gasteiger partial charge in [0, 0.05) is 25.7 Å². The van der Waals surface area contributed by atoms with E-state index in [0.29, 0.717) is 0 Å². The van der Waals surface area contributed by atoms with E-state index in [1.807, 2.05) is 11.8 Å². The maximum absolute atomic E-state index is 3.61. The van der Waals surface area contributed by atoms with Crippen LogP contribution in [0, 0.1) is 0 Å². The minimum Gasteiger partial charge on any atom is -0.311 e. The minimum absolute atomic E-state index is 0.754. The lowest BCUT2D eigenvalue weighted by Crippen LogP contribution is -2.50. The van der Waals surface area contributed by atoms with Crippen molar-refractivity contribution in [2.75, 3.05) is 38.2 Å². The second-order valence-corrected chi connectivity index (χ2v) is 5.43. The summed E-state index contributed by atoms with van der Waals surface area (Å²) in [6.45, 7) is 7.29. The maximum Gasteiger partial charge on any atom is 0.0195 e. The number of nitrogens with zero attached hydrogens (tertiary/aromatic N) is 1. The minimum atomic E-state index is 0.754. The predicted molar refractivity (Wildman–Crippen MR) is 70.8 cm³/mol. The van der Waals surface area contributed by atoms with Crippen molar-refractivity contribution in [1.29, 1.82) is 0 Å². The Labute approximate surface area is 99.2 Å². The Morgan fingerprint density at radius 2 is 2.27 bits per heavy atom. The molecule has 1 unspecified atom stereocenters. The third-order valence-corrected chi connectivity index (χ3v) is 3.75. The molecular weight excluding hydrogens is 204 g/mol. The number of hydrogen-bond donors (Lipinski definition) is 1. The van der Waals surface area contributed by atoms with Gasteiger partial charge < -0.3 is 10.2 Å². The van der Waals surface area contributed by atoms with E-state index in [9.17, 15) is 0 Å². The van der Waals surface area contributed by atoms with Crippen LogP contribution in [0.5, 0.6) is 0 Å². The molecule has 0 bridgehead atoms. The fraction of sp³-hybridized carbons (Fsp3) is 1.00. The van der Waals surface area contributed by atoms with Gasteiger partial charge in [-0.3, -0.25) is 0 Å². The highest BCUT2D eigenvalue weighted by Crippen LogP contribution is 2.07. The van der Waals surface area contributed by atoms with Crippen molar-refractivity contribution < 1.29 is 0 Å². The van der Waals surface area contributed by atoms with Gasteiger partial charge in [-0.25, -0.2) is 0 Å². The van der Waals surface area contributed by atoms with E-state index < -0.39 is 0 Å². The quantitative estimate of drug-likeness (QED) is 0.675. The number of rotatable bonds is 7. The van der Waals surface area contributed by atoms with Crippen LogP contribution in [-0.2, 0) is 0 Å². The van der Waals surface area contributed by atoms with E-state index in [1.54, 1.807) is 0 Å². The summed E-state index contributed by atoms with van der Waals surface area (Å²) in [5.41, 5.74) is 0. The number of unbranched alkanes of at least 4 members (excludes halogenated alkanes) is 1. The normalized spacial score (nSPS) is 23.2. The number of thioether (sulfide) groups is 1. The average molecular weight is 230 g/mol. The molecule has 1 atom stereocenters. The molecule has 1 aliphatic heterocycles. The van der Waals surface area contributed by atoms with Crippen LogP contribution < -0.4 is 5.32 Å². The molecule has 2 nitrogen and oxygen atoms in total. The molecule has 90 valence electrons. The lowest BCUT2D eigenvalue weighted by molar-refractivity contribution is 0.192. The Balaban J connectivity index is 2.07. The first kappa shape index (κ1) is 13.3. The highest BCUT2D eigenvalue weighted by molar-refractivity contribution is 7.98. The van der Waals surface area contributed by atoms with Crippen LogP contribution in [0.4, 0.5) is 0 Å². The summed E-state index contributed by atoms with van der Waals surface area (Å²) in [4.78, 5) is 2.64. The third kappa shape index (κ3) is 5.79. The molecule has 0 aromatic rings. The Bertz CT molecular complexity index is 151. The van der Waals surface area contributed by atoms with Crippen molar-refractivity contribution in [3.8, 4) is 0 Å². The van der Waals surface area contributed by atoms with Crippen LogP contribution in [0.2, 0.25) is 0 Å².